The molecule has 0 bridgehead atoms. The van der Waals surface area contributed by atoms with Gasteiger partial charge in [0.25, 0.3) is 5.91 Å². The maximum atomic E-state index is 11.9. The van der Waals surface area contributed by atoms with Gasteiger partial charge in [0.1, 0.15) is 4.88 Å². The van der Waals surface area contributed by atoms with Gasteiger partial charge >= 0.3 is 5.97 Å². The van der Waals surface area contributed by atoms with Crippen molar-refractivity contribution in [2.75, 3.05) is 13.2 Å². The van der Waals surface area contributed by atoms with E-state index >= 15 is 0 Å². The lowest BCUT2D eigenvalue weighted by atomic mass is 9.90. The van der Waals surface area contributed by atoms with Crippen molar-refractivity contribution in [2.45, 2.75) is 39.5 Å². The number of rotatable bonds is 5. The first-order valence-corrected chi connectivity index (χ1v) is 7.97. The highest BCUT2D eigenvalue weighted by Gasteiger charge is 2.21. The molecule has 0 saturated heterocycles. The molecule has 1 aromatic rings. The molecule has 1 unspecified atom stereocenters. The molecule has 0 saturated carbocycles. The molecular formula is C15H21NO3S. The second-order valence-electron chi connectivity index (χ2n) is 5.33. The second kappa shape index (κ2) is 6.88. The Morgan fingerprint density at radius 2 is 2.30 bits per heavy atom. The molecular weight excluding hydrogens is 274 g/mol. The van der Waals surface area contributed by atoms with Gasteiger partial charge in [-0.25, -0.2) is 4.79 Å². The number of ether oxygens (including phenoxy) is 1. The van der Waals surface area contributed by atoms with Crippen LogP contribution in [0.4, 0.5) is 0 Å². The van der Waals surface area contributed by atoms with Crippen LogP contribution >= 0.6 is 11.3 Å². The Hall–Kier alpha value is -1.36. The van der Waals surface area contributed by atoms with Crippen LogP contribution < -0.4 is 5.32 Å². The average Bonchev–Trinajstić information content (AvgIpc) is 2.85. The van der Waals surface area contributed by atoms with Gasteiger partial charge < -0.3 is 10.1 Å². The van der Waals surface area contributed by atoms with Gasteiger partial charge in [-0.1, -0.05) is 13.8 Å². The van der Waals surface area contributed by atoms with Crippen molar-refractivity contribution in [1.29, 1.82) is 0 Å². The molecule has 1 aliphatic rings. The van der Waals surface area contributed by atoms with E-state index in [-0.39, 0.29) is 18.5 Å². The van der Waals surface area contributed by atoms with Crippen molar-refractivity contribution in [3.63, 3.8) is 0 Å². The molecule has 1 N–H and O–H groups in total. The molecule has 0 aromatic carbocycles. The Bertz CT molecular complexity index is 495. The first kappa shape index (κ1) is 15.0. The van der Waals surface area contributed by atoms with Crippen LogP contribution in [0.25, 0.3) is 0 Å². The van der Waals surface area contributed by atoms with Gasteiger partial charge in [0.2, 0.25) is 0 Å². The molecule has 5 heteroatoms. The molecule has 4 nitrogen and oxygen atoms in total. The van der Waals surface area contributed by atoms with Crippen LogP contribution in [0.1, 0.15) is 46.8 Å². The van der Waals surface area contributed by atoms with Crippen molar-refractivity contribution < 1.29 is 14.3 Å². The van der Waals surface area contributed by atoms with E-state index in [9.17, 15) is 9.59 Å². The predicted molar refractivity (Wildman–Crippen MR) is 79.1 cm³/mol. The van der Waals surface area contributed by atoms with Gasteiger partial charge in [0.15, 0.2) is 6.61 Å². The van der Waals surface area contributed by atoms with Crippen LogP contribution in [0.2, 0.25) is 0 Å². The van der Waals surface area contributed by atoms with Gasteiger partial charge in [0.05, 0.1) is 0 Å². The molecule has 1 heterocycles. The molecule has 0 fully saturated rings. The highest BCUT2D eigenvalue weighted by Crippen LogP contribution is 2.32. The van der Waals surface area contributed by atoms with Crippen LogP contribution in [-0.2, 0) is 22.4 Å². The summed E-state index contributed by atoms with van der Waals surface area (Å²) in [5.74, 6) is 0.0552. The van der Waals surface area contributed by atoms with E-state index in [1.165, 1.54) is 28.2 Å². The van der Waals surface area contributed by atoms with Crippen LogP contribution in [-0.4, -0.2) is 25.0 Å². The fraction of sp³-hybridized carbons (Fsp3) is 0.600. The summed E-state index contributed by atoms with van der Waals surface area (Å²) in [6, 6.07) is 1.93. The van der Waals surface area contributed by atoms with Crippen LogP contribution in [0.15, 0.2) is 6.07 Å². The van der Waals surface area contributed by atoms with Crippen LogP contribution in [0.3, 0.4) is 0 Å². The predicted octanol–water partition coefficient (Wildman–Crippen LogP) is 2.56. The molecule has 0 radical (unpaired) electrons. The summed E-state index contributed by atoms with van der Waals surface area (Å²) in [6.45, 7) is 4.62. The summed E-state index contributed by atoms with van der Waals surface area (Å²) in [5, 5.41) is 2.68. The third-order valence-electron chi connectivity index (χ3n) is 3.44. The van der Waals surface area contributed by atoms with E-state index < -0.39 is 0 Å². The highest BCUT2D eigenvalue weighted by molar-refractivity contribution is 7.14. The third-order valence-corrected chi connectivity index (χ3v) is 4.65. The number of amides is 1. The summed E-state index contributed by atoms with van der Waals surface area (Å²) in [6.07, 6.45) is 4.14. The van der Waals surface area contributed by atoms with Crippen LogP contribution in [0, 0.1) is 5.92 Å². The van der Waals surface area contributed by atoms with Gasteiger partial charge in [0, 0.05) is 11.4 Å². The number of hydrogen-bond acceptors (Lipinski definition) is 4. The third kappa shape index (κ3) is 3.82. The van der Waals surface area contributed by atoms with Gasteiger partial charge in [-0.3, -0.25) is 4.79 Å². The summed E-state index contributed by atoms with van der Waals surface area (Å²) in [5.41, 5.74) is 1.27. The normalized spacial score (nSPS) is 17.4. The Morgan fingerprint density at radius 3 is 3.05 bits per heavy atom. The SMILES string of the molecule is CCCNC(=O)COC(=O)c1cc2c(s1)CCC(C)C2. The maximum absolute atomic E-state index is 11.9. The van der Waals surface area contributed by atoms with E-state index in [1.54, 1.807) is 0 Å². The number of thiophene rings is 1. The van der Waals surface area contributed by atoms with Crippen molar-refractivity contribution >= 4 is 23.2 Å². The summed E-state index contributed by atoms with van der Waals surface area (Å²) in [7, 11) is 0. The molecule has 0 aliphatic heterocycles. The number of aryl methyl sites for hydroxylation is 1. The van der Waals surface area contributed by atoms with Gasteiger partial charge in [-0.2, -0.15) is 0 Å². The summed E-state index contributed by atoms with van der Waals surface area (Å²) in [4.78, 5) is 25.2. The number of carbonyl (C=O) groups is 2. The Kier molecular flexibility index (Phi) is 5.17. The van der Waals surface area contributed by atoms with Crippen molar-refractivity contribution in [3.05, 3.63) is 21.4 Å². The number of fused-ring (bicyclic) bond motifs is 1. The smallest absolute Gasteiger partial charge is 0.348 e. The Morgan fingerprint density at radius 1 is 1.50 bits per heavy atom. The zero-order valence-electron chi connectivity index (χ0n) is 12.0. The van der Waals surface area contributed by atoms with Crippen LogP contribution in [0.5, 0.6) is 0 Å². The summed E-state index contributed by atoms with van der Waals surface area (Å²) < 4.78 is 5.05. The molecule has 1 aromatic heterocycles. The zero-order valence-corrected chi connectivity index (χ0v) is 12.8. The fourth-order valence-corrected chi connectivity index (χ4v) is 3.43. The number of esters is 1. The lowest BCUT2D eigenvalue weighted by molar-refractivity contribution is -0.124. The van der Waals surface area contributed by atoms with Gasteiger partial charge in [-0.15, -0.1) is 11.3 Å². The minimum absolute atomic E-state index is 0.197. The summed E-state index contributed by atoms with van der Waals surface area (Å²) >= 11 is 1.51. The quantitative estimate of drug-likeness (QED) is 0.849. The minimum Gasteiger partial charge on any atom is -0.451 e. The molecule has 110 valence electrons. The lowest BCUT2D eigenvalue weighted by Gasteiger charge is -2.16. The van der Waals surface area contributed by atoms with E-state index in [0.29, 0.717) is 17.3 Å². The Labute approximate surface area is 123 Å². The standard InChI is InChI=1S/C15H21NO3S/c1-3-6-16-14(17)9-19-15(18)13-8-11-7-10(2)4-5-12(11)20-13/h8,10H,3-7,9H2,1-2H3,(H,16,17). The second-order valence-corrected chi connectivity index (χ2v) is 6.47. The van der Waals surface area contributed by atoms with Crippen molar-refractivity contribution in [2.24, 2.45) is 5.92 Å². The highest BCUT2D eigenvalue weighted by atomic mass is 32.1. The minimum atomic E-state index is -0.385. The van der Waals surface area contributed by atoms with E-state index in [2.05, 4.69) is 12.2 Å². The molecule has 2 rings (SSSR count). The Balaban J connectivity index is 1.88. The number of carbonyl (C=O) groups excluding carboxylic acids is 2. The first-order valence-electron chi connectivity index (χ1n) is 7.15. The fourth-order valence-electron chi connectivity index (χ4n) is 2.32. The lowest BCUT2D eigenvalue weighted by Crippen LogP contribution is -2.29. The van der Waals surface area contributed by atoms with Crippen molar-refractivity contribution in [3.8, 4) is 0 Å². The van der Waals surface area contributed by atoms with E-state index in [1.807, 2.05) is 13.0 Å². The molecule has 1 aliphatic carbocycles. The molecule has 0 spiro atoms. The first-order chi connectivity index (χ1) is 9.60. The largest absolute Gasteiger partial charge is 0.451 e. The molecule has 20 heavy (non-hydrogen) atoms. The number of nitrogens with one attached hydrogen (secondary N) is 1. The molecule has 1 amide bonds. The average molecular weight is 295 g/mol. The van der Waals surface area contributed by atoms with Gasteiger partial charge in [-0.05, 0) is 43.2 Å². The topological polar surface area (TPSA) is 55.4 Å². The monoisotopic (exact) mass is 295 g/mol. The zero-order chi connectivity index (χ0) is 14.5. The van der Waals surface area contributed by atoms with E-state index in [0.717, 1.165) is 19.3 Å². The van der Waals surface area contributed by atoms with E-state index in [4.69, 9.17) is 4.74 Å². The maximum Gasteiger partial charge on any atom is 0.348 e. The van der Waals surface area contributed by atoms with Crippen molar-refractivity contribution in [1.82, 2.24) is 5.32 Å². The molecule has 1 atom stereocenters. The number of hydrogen-bond donors (Lipinski definition) is 1.